The van der Waals surface area contributed by atoms with Gasteiger partial charge in [0.15, 0.2) is 0 Å². The van der Waals surface area contributed by atoms with Crippen molar-refractivity contribution in [1.82, 2.24) is 10.2 Å². The molecule has 1 aromatic carbocycles. The van der Waals surface area contributed by atoms with Gasteiger partial charge in [0.1, 0.15) is 5.82 Å². The standard InChI is InChI=1S/C15H24FN3O/c1-5-8-19(11-15(20)18(3)4)14-7-6-13(16)9-12(14)10-17-2/h6-7,9,17H,5,8,10-11H2,1-4H3. The maximum Gasteiger partial charge on any atom is 0.241 e. The first-order valence-corrected chi connectivity index (χ1v) is 6.87. The molecule has 0 aliphatic heterocycles. The third-order valence-electron chi connectivity index (χ3n) is 3.07. The van der Waals surface area contributed by atoms with Gasteiger partial charge in [-0.3, -0.25) is 4.79 Å². The third-order valence-corrected chi connectivity index (χ3v) is 3.07. The van der Waals surface area contributed by atoms with Crippen molar-refractivity contribution in [2.24, 2.45) is 0 Å². The number of anilines is 1. The van der Waals surface area contributed by atoms with Gasteiger partial charge in [0.25, 0.3) is 0 Å². The van der Waals surface area contributed by atoms with Crippen LogP contribution in [0.15, 0.2) is 18.2 Å². The van der Waals surface area contributed by atoms with E-state index in [4.69, 9.17) is 0 Å². The molecule has 0 saturated carbocycles. The van der Waals surface area contributed by atoms with Crippen molar-refractivity contribution >= 4 is 11.6 Å². The minimum Gasteiger partial charge on any atom is -0.362 e. The van der Waals surface area contributed by atoms with E-state index in [0.717, 1.165) is 24.2 Å². The Balaban J connectivity index is 3.04. The van der Waals surface area contributed by atoms with Crippen LogP contribution in [-0.4, -0.2) is 45.0 Å². The molecule has 5 heteroatoms. The average molecular weight is 281 g/mol. The van der Waals surface area contributed by atoms with Crippen LogP contribution in [-0.2, 0) is 11.3 Å². The number of hydrogen-bond donors (Lipinski definition) is 1. The normalized spacial score (nSPS) is 10.4. The number of rotatable bonds is 7. The molecule has 0 radical (unpaired) electrons. The van der Waals surface area contributed by atoms with Crippen molar-refractivity contribution in [2.45, 2.75) is 19.9 Å². The highest BCUT2D eigenvalue weighted by atomic mass is 19.1. The molecular weight excluding hydrogens is 257 g/mol. The predicted molar refractivity (Wildman–Crippen MR) is 80.4 cm³/mol. The maximum absolute atomic E-state index is 13.4. The van der Waals surface area contributed by atoms with Crippen LogP contribution in [0.3, 0.4) is 0 Å². The first-order chi connectivity index (χ1) is 9.49. The lowest BCUT2D eigenvalue weighted by atomic mass is 10.1. The lowest BCUT2D eigenvalue weighted by Crippen LogP contribution is -2.37. The van der Waals surface area contributed by atoms with E-state index in [1.54, 1.807) is 25.1 Å². The molecule has 0 spiro atoms. The number of hydrogen-bond acceptors (Lipinski definition) is 3. The molecular formula is C15H24FN3O. The van der Waals surface area contributed by atoms with Crippen molar-refractivity contribution in [3.05, 3.63) is 29.6 Å². The van der Waals surface area contributed by atoms with E-state index in [0.29, 0.717) is 13.1 Å². The number of amides is 1. The largest absolute Gasteiger partial charge is 0.362 e. The Morgan fingerprint density at radius 1 is 1.35 bits per heavy atom. The summed E-state index contributed by atoms with van der Waals surface area (Å²) in [5.74, 6) is -0.215. The molecule has 0 aliphatic rings. The van der Waals surface area contributed by atoms with Crippen LogP contribution in [0.25, 0.3) is 0 Å². The zero-order valence-corrected chi connectivity index (χ0v) is 12.7. The summed E-state index contributed by atoms with van der Waals surface area (Å²) in [6.45, 7) is 3.71. The molecule has 0 heterocycles. The monoisotopic (exact) mass is 281 g/mol. The first-order valence-electron chi connectivity index (χ1n) is 6.87. The van der Waals surface area contributed by atoms with Crippen LogP contribution in [0, 0.1) is 5.82 Å². The number of carbonyl (C=O) groups is 1. The molecule has 20 heavy (non-hydrogen) atoms. The number of halogens is 1. The first kappa shape index (κ1) is 16.4. The maximum atomic E-state index is 13.4. The van der Waals surface area contributed by atoms with Gasteiger partial charge in [0.2, 0.25) is 5.91 Å². The van der Waals surface area contributed by atoms with Crippen LogP contribution in [0.5, 0.6) is 0 Å². The molecule has 0 aromatic heterocycles. The molecule has 0 unspecified atom stereocenters. The highest BCUT2D eigenvalue weighted by molar-refractivity contribution is 5.81. The molecule has 1 amide bonds. The molecule has 0 bridgehead atoms. The highest BCUT2D eigenvalue weighted by Gasteiger charge is 2.15. The highest BCUT2D eigenvalue weighted by Crippen LogP contribution is 2.22. The zero-order chi connectivity index (χ0) is 15.1. The van der Waals surface area contributed by atoms with Crippen molar-refractivity contribution in [1.29, 1.82) is 0 Å². The number of nitrogens with zero attached hydrogens (tertiary/aromatic N) is 2. The summed E-state index contributed by atoms with van der Waals surface area (Å²) in [7, 11) is 5.31. The van der Waals surface area contributed by atoms with Gasteiger partial charge < -0.3 is 15.1 Å². The van der Waals surface area contributed by atoms with E-state index in [2.05, 4.69) is 12.2 Å². The Bertz CT molecular complexity index is 449. The number of carbonyl (C=O) groups excluding carboxylic acids is 1. The van der Waals surface area contributed by atoms with E-state index < -0.39 is 0 Å². The molecule has 0 aliphatic carbocycles. The second-order valence-electron chi connectivity index (χ2n) is 5.01. The van der Waals surface area contributed by atoms with Gasteiger partial charge in [0, 0.05) is 32.9 Å². The van der Waals surface area contributed by atoms with Crippen molar-refractivity contribution < 1.29 is 9.18 Å². The SMILES string of the molecule is CCCN(CC(=O)N(C)C)c1ccc(F)cc1CNC. The van der Waals surface area contributed by atoms with Crippen LogP contribution in [0.2, 0.25) is 0 Å². The molecule has 112 valence electrons. The van der Waals surface area contributed by atoms with Crippen molar-refractivity contribution in [3.63, 3.8) is 0 Å². The lowest BCUT2D eigenvalue weighted by Gasteiger charge is -2.27. The fourth-order valence-electron chi connectivity index (χ4n) is 2.05. The van der Waals surface area contributed by atoms with E-state index in [1.165, 1.54) is 12.1 Å². The van der Waals surface area contributed by atoms with Gasteiger partial charge in [-0.2, -0.15) is 0 Å². The average Bonchev–Trinajstić information content (AvgIpc) is 2.38. The summed E-state index contributed by atoms with van der Waals surface area (Å²) in [6.07, 6.45) is 0.928. The molecule has 1 rings (SSSR count). The van der Waals surface area contributed by atoms with Gasteiger partial charge in [-0.1, -0.05) is 6.92 Å². The summed E-state index contributed by atoms with van der Waals surface area (Å²) in [5.41, 5.74) is 1.78. The quantitative estimate of drug-likeness (QED) is 0.828. The van der Waals surface area contributed by atoms with Crippen molar-refractivity contribution in [2.75, 3.05) is 39.1 Å². The van der Waals surface area contributed by atoms with E-state index in [1.807, 2.05) is 11.9 Å². The predicted octanol–water partition coefficient (Wildman–Crippen LogP) is 1.85. The van der Waals surface area contributed by atoms with Crippen LogP contribution in [0.1, 0.15) is 18.9 Å². The van der Waals surface area contributed by atoms with Crippen LogP contribution >= 0.6 is 0 Å². The van der Waals surface area contributed by atoms with Crippen LogP contribution < -0.4 is 10.2 Å². The molecule has 1 aromatic rings. The molecule has 4 nitrogen and oxygen atoms in total. The molecule has 0 saturated heterocycles. The second kappa shape index (κ2) is 7.85. The fraction of sp³-hybridized carbons (Fsp3) is 0.533. The minimum atomic E-state index is -0.255. The second-order valence-corrected chi connectivity index (χ2v) is 5.01. The van der Waals surface area contributed by atoms with Gasteiger partial charge in [0.05, 0.1) is 6.54 Å². The smallest absolute Gasteiger partial charge is 0.241 e. The summed E-state index contributed by atoms with van der Waals surface area (Å²) >= 11 is 0. The van der Waals surface area contributed by atoms with Gasteiger partial charge in [-0.25, -0.2) is 4.39 Å². The number of likely N-dealkylation sites (N-methyl/N-ethyl adjacent to an activating group) is 1. The summed E-state index contributed by atoms with van der Waals surface area (Å²) in [6, 6.07) is 4.71. The summed E-state index contributed by atoms with van der Waals surface area (Å²) in [5, 5.41) is 3.04. The minimum absolute atomic E-state index is 0.0400. The fourth-order valence-corrected chi connectivity index (χ4v) is 2.05. The summed E-state index contributed by atoms with van der Waals surface area (Å²) < 4.78 is 13.4. The van der Waals surface area contributed by atoms with Gasteiger partial charge in [-0.05, 0) is 37.2 Å². The zero-order valence-electron chi connectivity index (χ0n) is 12.7. The Labute approximate surface area is 120 Å². The van der Waals surface area contributed by atoms with Gasteiger partial charge in [-0.15, -0.1) is 0 Å². The third kappa shape index (κ3) is 4.49. The van der Waals surface area contributed by atoms with Crippen molar-refractivity contribution in [3.8, 4) is 0 Å². The lowest BCUT2D eigenvalue weighted by molar-refractivity contribution is -0.127. The Kier molecular flexibility index (Phi) is 6.45. The number of benzene rings is 1. The topological polar surface area (TPSA) is 35.6 Å². The van der Waals surface area contributed by atoms with Crippen LogP contribution in [0.4, 0.5) is 10.1 Å². The Hall–Kier alpha value is -1.62. The molecule has 0 fully saturated rings. The Morgan fingerprint density at radius 2 is 2.05 bits per heavy atom. The molecule has 0 atom stereocenters. The Morgan fingerprint density at radius 3 is 2.60 bits per heavy atom. The molecule has 1 N–H and O–H groups in total. The number of nitrogens with one attached hydrogen (secondary N) is 1. The van der Waals surface area contributed by atoms with E-state index in [-0.39, 0.29) is 11.7 Å². The van der Waals surface area contributed by atoms with E-state index in [9.17, 15) is 9.18 Å². The van der Waals surface area contributed by atoms with E-state index >= 15 is 0 Å². The summed E-state index contributed by atoms with van der Waals surface area (Å²) in [4.78, 5) is 15.5. The van der Waals surface area contributed by atoms with Gasteiger partial charge >= 0.3 is 0 Å².